The summed E-state index contributed by atoms with van der Waals surface area (Å²) in [7, 11) is 4.06. The number of nitrogens with zero attached hydrogens (tertiary/aromatic N) is 2. The van der Waals surface area contributed by atoms with Crippen LogP contribution < -0.4 is 5.32 Å². The smallest absolute Gasteiger partial charge is 0.226 e. The van der Waals surface area contributed by atoms with Crippen LogP contribution in [0.3, 0.4) is 0 Å². The van der Waals surface area contributed by atoms with E-state index in [-0.39, 0.29) is 11.9 Å². The molecule has 0 saturated carbocycles. The molecular weight excluding hydrogens is 350 g/mol. The van der Waals surface area contributed by atoms with Crippen LogP contribution in [-0.2, 0) is 11.2 Å². The van der Waals surface area contributed by atoms with Crippen molar-refractivity contribution < 1.29 is 4.79 Å². The van der Waals surface area contributed by atoms with Crippen molar-refractivity contribution in [3.63, 3.8) is 0 Å². The molecule has 0 aliphatic carbocycles. The van der Waals surface area contributed by atoms with Gasteiger partial charge >= 0.3 is 0 Å². The normalized spacial score (nSPS) is 12.3. The van der Waals surface area contributed by atoms with E-state index in [0.29, 0.717) is 13.0 Å². The molecule has 0 aliphatic heterocycles. The Labute approximate surface area is 156 Å². The number of nitrogens with one attached hydrogen (secondary N) is 1. The highest BCUT2D eigenvalue weighted by Gasteiger charge is 2.17. The Balaban J connectivity index is 1.57. The first-order valence-electron chi connectivity index (χ1n) is 8.10. The van der Waals surface area contributed by atoms with Crippen LogP contribution in [0.2, 0.25) is 0 Å². The van der Waals surface area contributed by atoms with Crippen LogP contribution in [0.25, 0.3) is 10.6 Å². The highest BCUT2D eigenvalue weighted by molar-refractivity contribution is 7.13. The van der Waals surface area contributed by atoms with Gasteiger partial charge in [-0.15, -0.1) is 22.7 Å². The summed E-state index contributed by atoms with van der Waals surface area (Å²) in [5.74, 6) is 0.00770. The molecule has 2 aromatic heterocycles. The van der Waals surface area contributed by atoms with Crippen molar-refractivity contribution in [2.75, 3.05) is 20.6 Å². The molecule has 0 spiro atoms. The number of carbonyl (C=O) groups excluding carboxylic acids is 1. The van der Waals surface area contributed by atoms with Crippen molar-refractivity contribution in [3.05, 3.63) is 63.8 Å². The van der Waals surface area contributed by atoms with E-state index in [1.165, 1.54) is 4.88 Å². The van der Waals surface area contributed by atoms with Gasteiger partial charge in [0.15, 0.2) is 0 Å². The van der Waals surface area contributed by atoms with Crippen LogP contribution in [0.5, 0.6) is 0 Å². The predicted octanol–water partition coefficient (Wildman–Crippen LogP) is 3.83. The molecule has 130 valence electrons. The van der Waals surface area contributed by atoms with Gasteiger partial charge in [0.2, 0.25) is 5.91 Å². The number of benzene rings is 1. The van der Waals surface area contributed by atoms with E-state index in [1.54, 1.807) is 22.7 Å². The molecule has 0 radical (unpaired) electrons. The van der Waals surface area contributed by atoms with Crippen molar-refractivity contribution in [3.8, 4) is 10.6 Å². The Morgan fingerprint density at radius 2 is 1.96 bits per heavy atom. The minimum absolute atomic E-state index is 0.00770. The van der Waals surface area contributed by atoms with Crippen LogP contribution in [0.1, 0.15) is 16.6 Å². The molecule has 1 unspecified atom stereocenters. The summed E-state index contributed by atoms with van der Waals surface area (Å²) in [5.41, 5.74) is 1.91. The first kappa shape index (κ1) is 17.8. The van der Waals surface area contributed by atoms with E-state index in [0.717, 1.165) is 16.3 Å². The predicted molar refractivity (Wildman–Crippen MR) is 105 cm³/mol. The summed E-state index contributed by atoms with van der Waals surface area (Å²) in [4.78, 5) is 20.3. The summed E-state index contributed by atoms with van der Waals surface area (Å²) in [6, 6.07) is 14.4. The van der Waals surface area contributed by atoms with Crippen molar-refractivity contribution in [2.24, 2.45) is 0 Å². The van der Waals surface area contributed by atoms with Crippen molar-refractivity contribution in [1.82, 2.24) is 15.2 Å². The zero-order valence-corrected chi connectivity index (χ0v) is 15.9. The Bertz CT molecular complexity index is 797. The molecule has 0 bridgehead atoms. The fourth-order valence-corrected chi connectivity index (χ4v) is 4.31. The Morgan fingerprint density at radius 3 is 2.64 bits per heavy atom. The lowest BCUT2D eigenvalue weighted by Crippen LogP contribution is -2.34. The third-order valence-corrected chi connectivity index (χ3v) is 5.82. The topological polar surface area (TPSA) is 45.2 Å². The van der Waals surface area contributed by atoms with Crippen molar-refractivity contribution >= 4 is 28.6 Å². The molecule has 3 rings (SSSR count). The van der Waals surface area contributed by atoms with Gasteiger partial charge in [-0.25, -0.2) is 4.98 Å². The average Bonchev–Trinajstić information content (AvgIpc) is 3.28. The SMILES string of the molecule is CN(C)C(CNC(=O)Cc1csc(-c2ccccc2)n1)c1cccs1. The molecule has 0 aliphatic rings. The average molecular weight is 372 g/mol. The molecule has 25 heavy (non-hydrogen) atoms. The van der Waals surface area contributed by atoms with E-state index in [1.807, 2.05) is 55.9 Å². The summed E-state index contributed by atoms with van der Waals surface area (Å²) in [6.07, 6.45) is 0.313. The van der Waals surface area contributed by atoms with E-state index in [2.05, 4.69) is 26.6 Å². The highest BCUT2D eigenvalue weighted by atomic mass is 32.1. The van der Waals surface area contributed by atoms with Gasteiger partial charge in [-0.1, -0.05) is 36.4 Å². The summed E-state index contributed by atoms with van der Waals surface area (Å²) >= 11 is 3.29. The van der Waals surface area contributed by atoms with E-state index >= 15 is 0 Å². The number of amides is 1. The minimum atomic E-state index is 0.00770. The van der Waals surface area contributed by atoms with Crippen LogP contribution in [0.15, 0.2) is 53.2 Å². The quantitative estimate of drug-likeness (QED) is 0.686. The molecule has 1 amide bonds. The third kappa shape index (κ3) is 4.75. The fourth-order valence-electron chi connectivity index (χ4n) is 2.56. The third-order valence-electron chi connectivity index (χ3n) is 3.90. The van der Waals surface area contributed by atoms with Crippen LogP contribution >= 0.6 is 22.7 Å². The molecule has 0 fully saturated rings. The maximum atomic E-state index is 12.3. The largest absolute Gasteiger partial charge is 0.354 e. The number of thiazole rings is 1. The summed E-state index contributed by atoms with van der Waals surface area (Å²) < 4.78 is 0. The van der Waals surface area contributed by atoms with Gasteiger partial charge in [0, 0.05) is 22.4 Å². The van der Waals surface area contributed by atoms with Gasteiger partial charge in [0.05, 0.1) is 18.2 Å². The minimum Gasteiger partial charge on any atom is -0.354 e. The molecule has 1 atom stereocenters. The van der Waals surface area contributed by atoms with Crippen LogP contribution in [-0.4, -0.2) is 36.4 Å². The van der Waals surface area contributed by atoms with Gasteiger partial charge in [-0.2, -0.15) is 0 Å². The number of thiophene rings is 1. The van der Waals surface area contributed by atoms with E-state index in [4.69, 9.17) is 0 Å². The monoisotopic (exact) mass is 371 g/mol. The lowest BCUT2D eigenvalue weighted by Gasteiger charge is -2.23. The fraction of sp³-hybridized carbons (Fsp3) is 0.263. The van der Waals surface area contributed by atoms with Crippen LogP contribution in [0.4, 0.5) is 0 Å². The number of carbonyl (C=O) groups is 1. The van der Waals surface area contributed by atoms with Gasteiger partial charge in [0.25, 0.3) is 0 Å². The number of aromatic nitrogens is 1. The lowest BCUT2D eigenvalue weighted by molar-refractivity contribution is -0.120. The highest BCUT2D eigenvalue weighted by Crippen LogP contribution is 2.24. The van der Waals surface area contributed by atoms with E-state index in [9.17, 15) is 4.79 Å². The van der Waals surface area contributed by atoms with E-state index < -0.39 is 0 Å². The van der Waals surface area contributed by atoms with Crippen molar-refractivity contribution in [2.45, 2.75) is 12.5 Å². The first-order chi connectivity index (χ1) is 12.1. The zero-order valence-electron chi connectivity index (χ0n) is 14.3. The van der Waals surface area contributed by atoms with Crippen LogP contribution in [0, 0.1) is 0 Å². The van der Waals surface area contributed by atoms with Crippen molar-refractivity contribution in [1.29, 1.82) is 0 Å². The number of likely N-dealkylation sites (N-methyl/N-ethyl adjacent to an activating group) is 1. The lowest BCUT2D eigenvalue weighted by atomic mass is 10.2. The molecule has 0 saturated heterocycles. The first-order valence-corrected chi connectivity index (χ1v) is 9.86. The molecular formula is C19H21N3OS2. The summed E-state index contributed by atoms with van der Waals surface area (Å²) in [6.45, 7) is 0.599. The van der Waals surface area contributed by atoms with Gasteiger partial charge in [-0.3, -0.25) is 4.79 Å². The number of hydrogen-bond donors (Lipinski definition) is 1. The maximum Gasteiger partial charge on any atom is 0.226 e. The molecule has 2 heterocycles. The van der Waals surface area contributed by atoms with Gasteiger partial charge in [0.1, 0.15) is 5.01 Å². The summed E-state index contributed by atoms with van der Waals surface area (Å²) in [5, 5.41) is 8.02. The Hall–Kier alpha value is -2.02. The second kappa shape index (κ2) is 8.38. The molecule has 1 N–H and O–H groups in total. The molecule has 4 nitrogen and oxygen atoms in total. The second-order valence-corrected chi connectivity index (χ2v) is 7.82. The standard InChI is InChI=1S/C19H21N3OS2/c1-22(2)16(17-9-6-10-24-17)12-20-18(23)11-15-13-25-19(21-15)14-7-4-3-5-8-14/h3-10,13,16H,11-12H2,1-2H3,(H,20,23). The molecule has 1 aromatic carbocycles. The number of rotatable bonds is 7. The molecule has 6 heteroatoms. The zero-order chi connectivity index (χ0) is 17.6. The van der Waals surface area contributed by atoms with Gasteiger partial charge < -0.3 is 10.2 Å². The molecule has 3 aromatic rings. The maximum absolute atomic E-state index is 12.3. The Morgan fingerprint density at radius 1 is 1.16 bits per heavy atom. The Kier molecular flexibility index (Phi) is 5.96. The number of hydrogen-bond acceptors (Lipinski definition) is 5. The van der Waals surface area contributed by atoms with Gasteiger partial charge in [-0.05, 0) is 25.5 Å². The second-order valence-electron chi connectivity index (χ2n) is 5.99.